The van der Waals surface area contributed by atoms with Crippen molar-refractivity contribution < 1.29 is 0 Å². The minimum atomic E-state index is 0.585. The Morgan fingerprint density at radius 2 is 0.745 bits per heavy atom. The lowest BCUT2D eigenvalue weighted by Crippen LogP contribution is -2.02. The first-order chi connectivity index (χ1) is 27.2. The van der Waals surface area contributed by atoms with Crippen molar-refractivity contribution in [3.8, 4) is 40.3 Å². The molecule has 0 aliphatic rings. The maximum Gasteiger partial charge on any atom is 0.0992 e. The number of nitriles is 2. The molecule has 0 saturated heterocycles. The minimum Gasteiger partial charge on any atom is -0.309 e. The van der Waals surface area contributed by atoms with E-state index in [1.165, 1.54) is 10.8 Å². The highest BCUT2D eigenvalue weighted by atomic mass is 15.0. The summed E-state index contributed by atoms with van der Waals surface area (Å²) in [5.74, 6) is 0. The summed E-state index contributed by atoms with van der Waals surface area (Å²) in [6, 6.07) is 65.9. The third-order valence-corrected chi connectivity index (χ3v) is 11.1. The van der Waals surface area contributed by atoms with Crippen molar-refractivity contribution >= 4 is 65.4 Å². The molecule has 0 radical (unpaired) electrons. The lowest BCUT2D eigenvalue weighted by Gasteiger charge is -2.19. The molecule has 0 fully saturated rings. The summed E-state index contributed by atoms with van der Waals surface area (Å²) in [4.78, 5) is 0. The van der Waals surface area contributed by atoms with Crippen LogP contribution in [0.2, 0.25) is 0 Å². The summed E-state index contributed by atoms with van der Waals surface area (Å²) < 4.78 is 7.03. The molecule has 3 heterocycles. The van der Waals surface area contributed by atoms with Gasteiger partial charge in [-0.3, -0.25) is 0 Å². The van der Waals surface area contributed by atoms with Gasteiger partial charge in [0.25, 0.3) is 0 Å². The lowest BCUT2D eigenvalue weighted by atomic mass is 9.99. The largest absolute Gasteiger partial charge is 0.309 e. The van der Waals surface area contributed by atoms with Crippen LogP contribution in [0.5, 0.6) is 0 Å². The Bertz CT molecular complexity index is 3420. The van der Waals surface area contributed by atoms with E-state index in [1.807, 2.05) is 36.4 Å². The topological polar surface area (TPSA) is 62.4 Å². The number of hydrogen-bond donors (Lipinski definition) is 0. The van der Waals surface area contributed by atoms with Crippen LogP contribution in [0.15, 0.2) is 176 Å². The molecule has 0 aliphatic carbocycles. The third-order valence-electron chi connectivity index (χ3n) is 11.1. The van der Waals surface area contributed by atoms with Crippen LogP contribution >= 0.6 is 0 Å². The van der Waals surface area contributed by atoms with Crippen LogP contribution in [0.1, 0.15) is 11.1 Å². The van der Waals surface area contributed by atoms with Gasteiger partial charge in [0.1, 0.15) is 0 Å². The van der Waals surface area contributed by atoms with Crippen LogP contribution < -0.4 is 0 Å². The average molecular weight is 700 g/mol. The Balaban J connectivity index is 1.23. The fourth-order valence-corrected chi connectivity index (χ4v) is 8.84. The van der Waals surface area contributed by atoms with Gasteiger partial charge in [-0.2, -0.15) is 10.5 Å². The Kier molecular flexibility index (Phi) is 6.61. The molecule has 3 aromatic heterocycles. The van der Waals surface area contributed by atoms with Crippen LogP contribution in [0.25, 0.3) is 93.6 Å². The highest BCUT2D eigenvalue weighted by Gasteiger charge is 2.23. The van der Waals surface area contributed by atoms with E-state index in [9.17, 15) is 10.5 Å². The first-order valence-corrected chi connectivity index (χ1v) is 18.3. The average Bonchev–Trinajstić information content (AvgIpc) is 3.89. The van der Waals surface area contributed by atoms with Gasteiger partial charge in [0.15, 0.2) is 0 Å². The van der Waals surface area contributed by atoms with Crippen LogP contribution in [0.3, 0.4) is 0 Å². The molecular weight excluding hydrogens is 671 g/mol. The van der Waals surface area contributed by atoms with Crippen molar-refractivity contribution in [1.29, 1.82) is 10.5 Å². The molecule has 0 unspecified atom stereocenters. The van der Waals surface area contributed by atoms with Gasteiger partial charge in [0.2, 0.25) is 0 Å². The second kappa shape index (κ2) is 11.8. The maximum absolute atomic E-state index is 10.3. The molecule has 8 aromatic carbocycles. The van der Waals surface area contributed by atoms with Crippen molar-refractivity contribution in [3.05, 3.63) is 187 Å². The van der Waals surface area contributed by atoms with E-state index in [4.69, 9.17) is 0 Å². The van der Waals surface area contributed by atoms with Crippen LogP contribution in [-0.2, 0) is 0 Å². The van der Waals surface area contributed by atoms with E-state index in [0.29, 0.717) is 11.1 Å². The standard InChI is InChI=1S/C50H29N5/c51-30-32-25-27-46-40(28-32)37-15-4-9-20-44(37)53(46)41-17-6-3-14-36(41)38-26-24-33(31-52)29-49(38)55-45-21-10-5-16-39(45)50-47(22-11-23-48(50)55)54-42-18-7-1-12-34(42)35-13-2-8-19-43(35)54/h1-29H. The van der Waals surface area contributed by atoms with Crippen molar-refractivity contribution in [2.24, 2.45) is 0 Å². The Morgan fingerprint density at radius 3 is 1.42 bits per heavy atom. The summed E-state index contributed by atoms with van der Waals surface area (Å²) in [5.41, 5.74) is 12.8. The van der Waals surface area contributed by atoms with Crippen molar-refractivity contribution in [2.75, 3.05) is 0 Å². The second-order valence-electron chi connectivity index (χ2n) is 14.0. The first kappa shape index (κ1) is 30.7. The molecule has 0 aliphatic heterocycles. The van der Waals surface area contributed by atoms with Gasteiger partial charge in [-0.15, -0.1) is 0 Å². The van der Waals surface area contributed by atoms with Gasteiger partial charge in [-0.05, 0) is 72.8 Å². The zero-order chi connectivity index (χ0) is 36.6. The SMILES string of the molecule is N#Cc1ccc(-c2ccccc2-n2c3ccccc3c3cc(C#N)ccc32)c(-n2c3ccccc3c3c(-n4c5ccccc5c5ccccc54)cccc32)c1. The molecule has 254 valence electrons. The molecular formula is C50H29N5. The molecule has 0 amide bonds. The molecule has 0 bridgehead atoms. The van der Waals surface area contributed by atoms with E-state index in [0.717, 1.165) is 82.8 Å². The number of hydrogen-bond acceptors (Lipinski definition) is 2. The Labute approximate surface area is 316 Å². The zero-order valence-electron chi connectivity index (χ0n) is 29.5. The Hall–Kier alpha value is -7.86. The van der Waals surface area contributed by atoms with E-state index >= 15 is 0 Å². The minimum absolute atomic E-state index is 0.585. The molecule has 5 heteroatoms. The van der Waals surface area contributed by atoms with Gasteiger partial charge in [0, 0.05) is 43.4 Å². The number of fused-ring (bicyclic) bond motifs is 9. The van der Waals surface area contributed by atoms with Crippen LogP contribution in [-0.4, -0.2) is 13.7 Å². The Morgan fingerprint density at radius 1 is 0.309 bits per heavy atom. The van der Waals surface area contributed by atoms with Crippen LogP contribution in [0, 0.1) is 22.7 Å². The second-order valence-corrected chi connectivity index (χ2v) is 14.0. The van der Waals surface area contributed by atoms with E-state index in [2.05, 4.69) is 165 Å². The summed E-state index contributed by atoms with van der Waals surface area (Å²) in [7, 11) is 0. The fourth-order valence-electron chi connectivity index (χ4n) is 8.84. The molecule has 11 aromatic rings. The molecule has 0 spiro atoms. The van der Waals surface area contributed by atoms with E-state index in [-0.39, 0.29) is 0 Å². The number of benzene rings is 8. The fraction of sp³-hybridized carbons (Fsp3) is 0. The normalized spacial score (nSPS) is 11.6. The molecule has 0 saturated carbocycles. The van der Waals surface area contributed by atoms with Crippen molar-refractivity contribution in [2.45, 2.75) is 0 Å². The summed E-state index contributed by atoms with van der Waals surface area (Å²) >= 11 is 0. The summed E-state index contributed by atoms with van der Waals surface area (Å²) in [6.07, 6.45) is 0. The van der Waals surface area contributed by atoms with Gasteiger partial charge in [0.05, 0.1) is 73.4 Å². The summed E-state index contributed by atoms with van der Waals surface area (Å²) in [6.45, 7) is 0. The number of para-hydroxylation sites is 5. The van der Waals surface area contributed by atoms with Gasteiger partial charge < -0.3 is 13.7 Å². The number of nitrogens with zero attached hydrogens (tertiary/aromatic N) is 5. The number of aromatic nitrogens is 3. The molecule has 11 rings (SSSR count). The molecule has 5 nitrogen and oxygen atoms in total. The van der Waals surface area contributed by atoms with Gasteiger partial charge >= 0.3 is 0 Å². The zero-order valence-corrected chi connectivity index (χ0v) is 29.5. The summed E-state index contributed by atoms with van der Waals surface area (Å²) in [5, 5.41) is 26.9. The number of rotatable bonds is 4. The highest BCUT2D eigenvalue weighted by molar-refractivity contribution is 6.17. The molecule has 0 atom stereocenters. The van der Waals surface area contributed by atoms with Gasteiger partial charge in [-0.1, -0.05) is 103 Å². The smallest absolute Gasteiger partial charge is 0.0992 e. The van der Waals surface area contributed by atoms with Crippen LogP contribution in [0.4, 0.5) is 0 Å². The van der Waals surface area contributed by atoms with E-state index in [1.54, 1.807) is 0 Å². The lowest BCUT2D eigenvalue weighted by molar-refractivity contribution is 1.15. The third kappa shape index (κ3) is 4.39. The monoisotopic (exact) mass is 699 g/mol. The molecule has 0 N–H and O–H groups in total. The predicted octanol–water partition coefficient (Wildman–Crippen LogP) is 12.4. The quantitative estimate of drug-likeness (QED) is 0.184. The van der Waals surface area contributed by atoms with E-state index < -0.39 is 0 Å². The van der Waals surface area contributed by atoms with Crippen molar-refractivity contribution in [1.82, 2.24) is 13.7 Å². The predicted molar refractivity (Wildman–Crippen MR) is 224 cm³/mol. The van der Waals surface area contributed by atoms with Gasteiger partial charge in [-0.25, -0.2) is 0 Å². The molecule has 55 heavy (non-hydrogen) atoms. The maximum atomic E-state index is 10.3. The first-order valence-electron chi connectivity index (χ1n) is 18.3. The van der Waals surface area contributed by atoms with Crippen molar-refractivity contribution in [3.63, 3.8) is 0 Å². The highest BCUT2D eigenvalue weighted by Crippen LogP contribution is 2.43.